The van der Waals surface area contributed by atoms with Crippen LogP contribution in [0.4, 0.5) is 4.79 Å². The van der Waals surface area contributed by atoms with E-state index in [9.17, 15) is 24.3 Å². The minimum Gasteiger partial charge on any atom is -0.480 e. The van der Waals surface area contributed by atoms with Crippen LogP contribution in [0.1, 0.15) is 29.5 Å². The van der Waals surface area contributed by atoms with E-state index in [0.717, 1.165) is 16.5 Å². The van der Waals surface area contributed by atoms with Crippen LogP contribution in [0.15, 0.2) is 50.2 Å². The molecule has 1 atom stereocenters. The first-order chi connectivity index (χ1) is 18.1. The van der Waals surface area contributed by atoms with E-state index in [0.29, 0.717) is 32.7 Å². The van der Waals surface area contributed by atoms with Gasteiger partial charge in [-0.15, -0.1) is 0 Å². The zero-order valence-electron chi connectivity index (χ0n) is 20.7. The smallest absolute Gasteiger partial charge is 0.340 e. The lowest BCUT2D eigenvalue weighted by molar-refractivity contribution is -0.141. The van der Waals surface area contributed by atoms with Gasteiger partial charge in [-0.3, -0.25) is 4.79 Å². The van der Waals surface area contributed by atoms with Gasteiger partial charge in [-0.25, -0.2) is 14.4 Å². The van der Waals surface area contributed by atoms with Crippen molar-refractivity contribution in [1.82, 2.24) is 10.6 Å². The quantitative estimate of drug-likeness (QED) is 0.184. The molecule has 0 unspecified atom stereocenters. The van der Waals surface area contributed by atoms with Gasteiger partial charge in [0.05, 0.1) is 18.2 Å². The number of carbonyl (C=O) groups is 3. The molecule has 0 saturated heterocycles. The maximum absolute atomic E-state index is 12.9. The number of aliphatic carboxylic acids is 1. The van der Waals surface area contributed by atoms with Crippen molar-refractivity contribution in [2.45, 2.75) is 39.2 Å². The number of carboxylic acids is 1. The zero-order valence-corrected chi connectivity index (χ0v) is 21.5. The summed E-state index contributed by atoms with van der Waals surface area (Å²) in [5, 5.41) is 16.3. The minimum absolute atomic E-state index is 0.0673. The Morgan fingerprint density at radius 1 is 1.08 bits per heavy atom. The number of rotatable bonds is 9. The van der Waals surface area contributed by atoms with Crippen LogP contribution in [-0.2, 0) is 16.0 Å². The van der Waals surface area contributed by atoms with E-state index in [2.05, 4.69) is 10.6 Å². The van der Waals surface area contributed by atoms with Gasteiger partial charge in [0.2, 0.25) is 5.91 Å². The SMILES string of the molecule is Cc1c(CC(=O)N[C@@H](CCCNC(N)=O)C(=O)O)c(=O)oc2c(C)c3occ(-c4ccc(Cl)cc4)c3cc12. The van der Waals surface area contributed by atoms with Crippen LogP contribution in [-0.4, -0.2) is 35.6 Å². The number of aryl methyl sites for hydroxylation is 2. The summed E-state index contributed by atoms with van der Waals surface area (Å²) in [6.45, 7) is 3.68. The molecule has 0 aliphatic rings. The second-order valence-electron chi connectivity index (χ2n) is 8.97. The van der Waals surface area contributed by atoms with Crippen molar-refractivity contribution in [2.24, 2.45) is 5.73 Å². The van der Waals surface area contributed by atoms with E-state index in [1.165, 1.54) is 0 Å². The summed E-state index contributed by atoms with van der Waals surface area (Å²) in [6.07, 6.45) is 1.62. The van der Waals surface area contributed by atoms with Crippen LogP contribution in [0.5, 0.6) is 0 Å². The van der Waals surface area contributed by atoms with E-state index in [1.54, 1.807) is 32.2 Å². The average Bonchev–Trinajstić information content (AvgIpc) is 3.29. The van der Waals surface area contributed by atoms with E-state index in [1.807, 2.05) is 18.2 Å². The second kappa shape index (κ2) is 11.0. The fourth-order valence-electron chi connectivity index (χ4n) is 4.43. The highest BCUT2D eigenvalue weighted by Crippen LogP contribution is 2.37. The Labute approximate surface area is 221 Å². The molecule has 2 heterocycles. The number of nitrogens with one attached hydrogen (secondary N) is 2. The van der Waals surface area contributed by atoms with Gasteiger partial charge < -0.3 is 30.3 Å². The summed E-state index contributed by atoms with van der Waals surface area (Å²) in [5.74, 6) is -1.87. The van der Waals surface area contributed by atoms with Gasteiger partial charge in [0.15, 0.2) is 0 Å². The molecule has 3 amide bonds. The molecule has 0 saturated carbocycles. The number of halogens is 1. The first-order valence-corrected chi connectivity index (χ1v) is 12.2. The molecule has 198 valence electrons. The van der Waals surface area contributed by atoms with Crippen LogP contribution in [0.25, 0.3) is 33.1 Å². The lowest BCUT2D eigenvalue weighted by Crippen LogP contribution is -2.42. The van der Waals surface area contributed by atoms with Gasteiger partial charge in [0.25, 0.3) is 0 Å². The van der Waals surface area contributed by atoms with Crippen molar-refractivity contribution in [3.8, 4) is 11.1 Å². The molecule has 4 aromatic rings. The number of carboxylic acid groups (broad SMARTS) is 1. The third-order valence-corrected chi connectivity index (χ3v) is 6.69. The first kappa shape index (κ1) is 26.7. The van der Waals surface area contributed by atoms with Crippen molar-refractivity contribution < 1.29 is 28.3 Å². The first-order valence-electron chi connectivity index (χ1n) is 11.8. The van der Waals surface area contributed by atoms with Gasteiger partial charge >= 0.3 is 17.6 Å². The van der Waals surface area contributed by atoms with E-state index >= 15 is 0 Å². The van der Waals surface area contributed by atoms with Gasteiger partial charge in [-0.2, -0.15) is 0 Å². The molecular formula is C27H26ClN3O7. The summed E-state index contributed by atoms with van der Waals surface area (Å²) in [7, 11) is 0. The molecule has 0 bridgehead atoms. The number of carbonyl (C=O) groups excluding carboxylic acids is 2. The van der Waals surface area contributed by atoms with E-state index in [4.69, 9.17) is 26.2 Å². The Morgan fingerprint density at radius 2 is 1.79 bits per heavy atom. The topological polar surface area (TPSA) is 165 Å². The van der Waals surface area contributed by atoms with Gasteiger partial charge in [0.1, 0.15) is 17.2 Å². The lowest BCUT2D eigenvalue weighted by Gasteiger charge is -2.15. The molecule has 5 N–H and O–H groups in total. The van der Waals surface area contributed by atoms with Crippen molar-refractivity contribution in [3.63, 3.8) is 0 Å². The largest absolute Gasteiger partial charge is 0.480 e. The predicted molar refractivity (Wildman–Crippen MR) is 142 cm³/mol. The number of nitrogens with two attached hydrogens (primary N) is 1. The minimum atomic E-state index is -1.23. The highest BCUT2D eigenvalue weighted by atomic mass is 35.5. The average molecular weight is 540 g/mol. The number of hydrogen-bond acceptors (Lipinski definition) is 6. The molecule has 0 fully saturated rings. The fraction of sp³-hybridized carbons (Fsp3) is 0.259. The van der Waals surface area contributed by atoms with Crippen molar-refractivity contribution in [3.05, 3.63) is 68.7 Å². The molecule has 38 heavy (non-hydrogen) atoms. The highest BCUT2D eigenvalue weighted by Gasteiger charge is 2.23. The molecule has 0 radical (unpaired) electrons. The van der Waals surface area contributed by atoms with Crippen molar-refractivity contribution >= 4 is 51.4 Å². The van der Waals surface area contributed by atoms with Gasteiger partial charge in [-0.1, -0.05) is 23.7 Å². The Bertz CT molecular complexity index is 1610. The van der Waals surface area contributed by atoms with Gasteiger partial charge in [-0.05, 0) is 56.0 Å². The number of primary amides is 1. The summed E-state index contributed by atoms with van der Waals surface area (Å²) >= 11 is 6.03. The summed E-state index contributed by atoms with van der Waals surface area (Å²) < 4.78 is 11.4. The summed E-state index contributed by atoms with van der Waals surface area (Å²) in [5.41, 5.74) is 8.29. The Kier molecular flexibility index (Phi) is 7.72. The Balaban J connectivity index is 1.65. The highest BCUT2D eigenvalue weighted by molar-refractivity contribution is 6.30. The normalized spacial score (nSPS) is 12.0. The third kappa shape index (κ3) is 5.50. The molecule has 0 spiro atoms. The Morgan fingerprint density at radius 3 is 2.45 bits per heavy atom. The summed E-state index contributed by atoms with van der Waals surface area (Å²) in [4.78, 5) is 48.0. The predicted octanol–water partition coefficient (Wildman–Crippen LogP) is 4.04. The van der Waals surface area contributed by atoms with Crippen molar-refractivity contribution in [2.75, 3.05) is 6.54 Å². The summed E-state index contributed by atoms with van der Waals surface area (Å²) in [6, 6.07) is 7.26. The number of hydrogen-bond donors (Lipinski definition) is 4. The molecule has 0 aliphatic carbocycles. The molecule has 2 aromatic heterocycles. The number of amides is 3. The molecule has 4 rings (SSSR count). The molecule has 2 aromatic carbocycles. The Hall–Kier alpha value is -4.31. The van der Waals surface area contributed by atoms with Crippen LogP contribution < -0.4 is 22.0 Å². The number of fused-ring (bicyclic) bond motifs is 2. The van der Waals surface area contributed by atoms with Crippen LogP contribution in [0.3, 0.4) is 0 Å². The van der Waals surface area contributed by atoms with E-state index in [-0.39, 0.29) is 31.4 Å². The molecule has 11 heteroatoms. The van der Waals surface area contributed by atoms with Crippen LogP contribution >= 0.6 is 11.6 Å². The van der Waals surface area contributed by atoms with E-state index < -0.39 is 29.6 Å². The number of furan rings is 1. The third-order valence-electron chi connectivity index (χ3n) is 6.44. The number of benzene rings is 2. The molecule has 10 nitrogen and oxygen atoms in total. The standard InChI is InChI=1S/C27H26ClN3O7/c1-13-17-10-19-20(15-5-7-16(28)8-6-15)12-37-23(19)14(2)24(17)38-26(35)18(13)11-22(32)31-21(25(33)34)4-3-9-30-27(29)36/h5-8,10,12,21H,3-4,9,11H2,1-2H3,(H,31,32)(H,33,34)(H3,29,30,36)/t21-/m0/s1. The van der Waals surface area contributed by atoms with Crippen molar-refractivity contribution in [1.29, 1.82) is 0 Å². The molecular weight excluding hydrogens is 514 g/mol. The maximum Gasteiger partial charge on any atom is 0.340 e. The van der Waals surface area contributed by atoms with Gasteiger partial charge in [0, 0.05) is 33.5 Å². The maximum atomic E-state index is 12.9. The molecule has 0 aliphatic heterocycles. The monoisotopic (exact) mass is 539 g/mol. The van der Waals surface area contributed by atoms with Crippen LogP contribution in [0, 0.1) is 13.8 Å². The zero-order chi connectivity index (χ0) is 27.6. The van der Waals surface area contributed by atoms with Crippen LogP contribution in [0.2, 0.25) is 5.02 Å². The lowest BCUT2D eigenvalue weighted by atomic mass is 9.97. The fourth-order valence-corrected chi connectivity index (χ4v) is 4.56. The second-order valence-corrected chi connectivity index (χ2v) is 9.41. The number of urea groups is 1.